The quantitative estimate of drug-likeness (QED) is 0.895. The van der Waals surface area contributed by atoms with E-state index in [4.69, 9.17) is 0 Å². The molecular formula is C17H24N2OS. The second-order valence-corrected chi connectivity index (χ2v) is 7.45. The molecule has 3 nitrogen and oxygen atoms in total. The smallest absolute Gasteiger partial charge is 0.251 e. The van der Waals surface area contributed by atoms with Crippen LogP contribution in [-0.4, -0.2) is 30.0 Å². The lowest BCUT2D eigenvalue weighted by atomic mass is 9.88. The average molecular weight is 304 g/mol. The summed E-state index contributed by atoms with van der Waals surface area (Å²) < 4.78 is 0.253. The van der Waals surface area contributed by atoms with E-state index in [1.54, 1.807) is 0 Å². The number of hydrogen-bond acceptors (Lipinski definition) is 3. The maximum atomic E-state index is 12.4. The molecule has 1 aliphatic heterocycles. The van der Waals surface area contributed by atoms with Gasteiger partial charge in [0.2, 0.25) is 0 Å². The van der Waals surface area contributed by atoms with Gasteiger partial charge in [-0.15, -0.1) is 0 Å². The van der Waals surface area contributed by atoms with Crippen LogP contribution < -0.4 is 10.6 Å². The molecule has 3 rings (SSSR count). The molecule has 4 heteroatoms. The van der Waals surface area contributed by atoms with Crippen molar-refractivity contribution in [3.63, 3.8) is 0 Å². The van der Waals surface area contributed by atoms with Crippen molar-refractivity contribution < 1.29 is 4.79 Å². The molecule has 21 heavy (non-hydrogen) atoms. The third-order valence-electron chi connectivity index (χ3n) is 4.85. The van der Waals surface area contributed by atoms with Crippen LogP contribution in [0.25, 0.3) is 0 Å². The lowest BCUT2D eigenvalue weighted by Gasteiger charge is -2.35. The summed E-state index contributed by atoms with van der Waals surface area (Å²) in [4.78, 5) is 12.4. The van der Waals surface area contributed by atoms with Crippen LogP contribution in [0.4, 0.5) is 5.69 Å². The summed E-state index contributed by atoms with van der Waals surface area (Å²) in [7, 11) is 0. The summed E-state index contributed by atoms with van der Waals surface area (Å²) in [6.07, 6.45) is 9.61. The molecule has 1 saturated carbocycles. The molecule has 2 aliphatic rings. The molecule has 114 valence electrons. The summed E-state index contributed by atoms with van der Waals surface area (Å²) in [5.41, 5.74) is 3.22. The Labute approximate surface area is 131 Å². The van der Waals surface area contributed by atoms with Gasteiger partial charge in [-0.05, 0) is 43.2 Å². The summed E-state index contributed by atoms with van der Waals surface area (Å²) in [6.45, 7) is 1.77. The van der Waals surface area contributed by atoms with Crippen molar-refractivity contribution in [1.29, 1.82) is 0 Å². The molecule has 0 radical (unpaired) electrons. The van der Waals surface area contributed by atoms with E-state index in [-0.39, 0.29) is 10.7 Å². The van der Waals surface area contributed by atoms with E-state index in [2.05, 4.69) is 23.0 Å². The first-order valence-corrected chi connectivity index (χ1v) is 9.15. The summed E-state index contributed by atoms with van der Waals surface area (Å²) >= 11 is 1.92. The monoisotopic (exact) mass is 304 g/mol. The van der Waals surface area contributed by atoms with Crippen molar-refractivity contribution in [3.05, 3.63) is 29.3 Å². The maximum Gasteiger partial charge on any atom is 0.251 e. The zero-order chi connectivity index (χ0) is 14.7. The normalized spacial score (nSPS) is 19.7. The maximum absolute atomic E-state index is 12.4. The molecule has 1 aliphatic carbocycles. The second kappa shape index (κ2) is 6.30. The highest BCUT2D eigenvalue weighted by molar-refractivity contribution is 8.00. The Hall–Kier alpha value is -1.16. The van der Waals surface area contributed by atoms with Crippen LogP contribution in [0.3, 0.4) is 0 Å². The number of hydrogen-bond donors (Lipinski definition) is 2. The second-order valence-electron chi connectivity index (χ2n) is 6.18. The van der Waals surface area contributed by atoms with Crippen molar-refractivity contribution in [3.8, 4) is 0 Å². The molecule has 0 saturated heterocycles. The van der Waals surface area contributed by atoms with Gasteiger partial charge in [-0.3, -0.25) is 4.79 Å². The standard InChI is InChI=1S/C17H24N2OS/c1-21-17(8-3-2-4-9-17)12-19-16(20)14-6-5-13-7-10-18-15(13)11-14/h5-6,11,18H,2-4,7-10,12H2,1H3,(H,19,20). The zero-order valence-corrected chi connectivity index (χ0v) is 13.5. The molecule has 1 aromatic rings. The minimum Gasteiger partial charge on any atom is -0.384 e. The van der Waals surface area contributed by atoms with Crippen LogP contribution in [0, 0.1) is 0 Å². The molecule has 0 bridgehead atoms. The third kappa shape index (κ3) is 3.20. The number of rotatable bonds is 4. The number of carbonyl (C=O) groups is 1. The predicted octanol–water partition coefficient (Wildman–Crippen LogP) is 3.45. The molecule has 1 amide bonds. The number of anilines is 1. The van der Waals surface area contributed by atoms with Crippen LogP contribution in [0.1, 0.15) is 48.0 Å². The van der Waals surface area contributed by atoms with Gasteiger partial charge in [0, 0.05) is 29.1 Å². The molecular weight excluding hydrogens is 280 g/mol. The first kappa shape index (κ1) is 14.8. The molecule has 1 aromatic carbocycles. The molecule has 1 heterocycles. The predicted molar refractivity (Wildman–Crippen MR) is 90.3 cm³/mol. The fraction of sp³-hybridized carbons (Fsp3) is 0.588. The van der Waals surface area contributed by atoms with Gasteiger partial charge < -0.3 is 10.6 Å². The SMILES string of the molecule is CSC1(CNC(=O)c2ccc3c(c2)NCC3)CCCCC1. The fourth-order valence-corrected chi connectivity index (χ4v) is 4.34. The highest BCUT2D eigenvalue weighted by atomic mass is 32.2. The van der Waals surface area contributed by atoms with Crippen molar-refractivity contribution in [2.45, 2.75) is 43.3 Å². The van der Waals surface area contributed by atoms with Gasteiger partial charge in [-0.25, -0.2) is 0 Å². The Morgan fingerprint density at radius 3 is 2.90 bits per heavy atom. The Morgan fingerprint density at radius 1 is 1.33 bits per heavy atom. The van der Waals surface area contributed by atoms with E-state index >= 15 is 0 Å². The van der Waals surface area contributed by atoms with E-state index in [9.17, 15) is 4.79 Å². The van der Waals surface area contributed by atoms with Crippen molar-refractivity contribution in [2.75, 3.05) is 24.7 Å². The molecule has 0 spiro atoms. The van der Waals surface area contributed by atoms with Crippen LogP contribution >= 0.6 is 11.8 Å². The van der Waals surface area contributed by atoms with Crippen LogP contribution in [0.2, 0.25) is 0 Å². The van der Waals surface area contributed by atoms with E-state index in [0.29, 0.717) is 0 Å². The number of carbonyl (C=O) groups excluding carboxylic acids is 1. The van der Waals surface area contributed by atoms with Crippen molar-refractivity contribution in [1.82, 2.24) is 5.32 Å². The van der Waals surface area contributed by atoms with E-state index in [0.717, 1.165) is 30.8 Å². The Balaban J connectivity index is 1.63. The Morgan fingerprint density at radius 2 is 2.14 bits per heavy atom. The first-order chi connectivity index (χ1) is 10.2. The summed E-state index contributed by atoms with van der Waals surface area (Å²) in [6, 6.07) is 6.02. The largest absolute Gasteiger partial charge is 0.384 e. The highest BCUT2D eigenvalue weighted by Crippen LogP contribution is 2.38. The minimum atomic E-state index is 0.0606. The fourth-order valence-electron chi connectivity index (χ4n) is 3.42. The lowest BCUT2D eigenvalue weighted by molar-refractivity contribution is 0.0947. The van der Waals surface area contributed by atoms with Gasteiger partial charge in [0.1, 0.15) is 0 Å². The topological polar surface area (TPSA) is 41.1 Å². The third-order valence-corrected chi connectivity index (χ3v) is 6.27. The summed E-state index contributed by atoms with van der Waals surface area (Å²) in [5.74, 6) is 0.0606. The van der Waals surface area contributed by atoms with Crippen LogP contribution in [0.5, 0.6) is 0 Å². The van der Waals surface area contributed by atoms with Gasteiger partial charge in [0.05, 0.1) is 0 Å². The number of nitrogens with one attached hydrogen (secondary N) is 2. The van der Waals surface area contributed by atoms with Crippen LogP contribution in [0.15, 0.2) is 18.2 Å². The number of benzene rings is 1. The van der Waals surface area contributed by atoms with Crippen molar-refractivity contribution in [2.24, 2.45) is 0 Å². The van der Waals surface area contributed by atoms with Gasteiger partial charge in [0.15, 0.2) is 0 Å². The van der Waals surface area contributed by atoms with Gasteiger partial charge in [0.25, 0.3) is 5.91 Å². The van der Waals surface area contributed by atoms with Gasteiger partial charge >= 0.3 is 0 Å². The van der Waals surface area contributed by atoms with Gasteiger partial charge in [-0.1, -0.05) is 25.3 Å². The first-order valence-electron chi connectivity index (χ1n) is 7.93. The van der Waals surface area contributed by atoms with Crippen molar-refractivity contribution >= 4 is 23.4 Å². The Kier molecular flexibility index (Phi) is 4.43. The number of thioether (sulfide) groups is 1. The average Bonchev–Trinajstić information content (AvgIpc) is 3.01. The minimum absolute atomic E-state index is 0.0606. The van der Waals surface area contributed by atoms with E-state index in [1.807, 2.05) is 23.9 Å². The molecule has 2 N–H and O–H groups in total. The number of amides is 1. The van der Waals surface area contributed by atoms with Crippen LogP contribution in [-0.2, 0) is 6.42 Å². The molecule has 0 aromatic heterocycles. The van der Waals surface area contributed by atoms with E-state index in [1.165, 1.54) is 37.7 Å². The number of fused-ring (bicyclic) bond motifs is 1. The molecule has 0 unspecified atom stereocenters. The Bertz CT molecular complexity index is 524. The highest BCUT2D eigenvalue weighted by Gasteiger charge is 2.31. The van der Waals surface area contributed by atoms with E-state index < -0.39 is 0 Å². The molecule has 0 atom stereocenters. The summed E-state index contributed by atoms with van der Waals surface area (Å²) in [5, 5.41) is 6.50. The zero-order valence-electron chi connectivity index (χ0n) is 12.7. The van der Waals surface area contributed by atoms with Gasteiger partial charge in [-0.2, -0.15) is 11.8 Å². The lowest BCUT2D eigenvalue weighted by Crippen LogP contribution is -2.41. The molecule has 1 fully saturated rings.